The van der Waals surface area contributed by atoms with Crippen molar-refractivity contribution in [2.24, 2.45) is 34.5 Å². The van der Waals surface area contributed by atoms with Crippen molar-refractivity contribution in [3.8, 4) is 0 Å². The maximum atomic E-state index is 13.7. The number of carbonyl (C=O) groups excluding carboxylic acids is 11. The number of hydrogen-bond acceptors (Lipinski definition) is 14. The maximum Gasteiger partial charge on any atom is 0.310 e. The zero-order valence-electron chi connectivity index (χ0n) is 49.4. The molecule has 20 nitrogen and oxygen atoms in total. The highest BCUT2D eigenvalue weighted by Crippen LogP contribution is 2.58. The van der Waals surface area contributed by atoms with E-state index in [1.807, 2.05) is 86.7 Å². The smallest absolute Gasteiger partial charge is 0.310 e. The first-order chi connectivity index (χ1) is 40.1. The van der Waals surface area contributed by atoms with E-state index in [4.69, 9.17) is 4.74 Å². The molecule has 2 saturated carbocycles. The summed E-state index contributed by atoms with van der Waals surface area (Å²) in [5, 5.41) is 21.4. The van der Waals surface area contributed by atoms with E-state index in [-0.39, 0.29) is 123 Å². The molecular weight excluding hydrogens is 1080 g/mol. The molecule has 0 radical (unpaired) electrons. The summed E-state index contributed by atoms with van der Waals surface area (Å²) in [7, 11) is 0. The Bertz CT molecular complexity index is 2720. The summed E-state index contributed by atoms with van der Waals surface area (Å²) in [6, 6.07) is 17.6. The minimum Gasteiger partial charge on any atom is -0.461 e. The van der Waals surface area contributed by atoms with Gasteiger partial charge in [0, 0.05) is 77.9 Å². The van der Waals surface area contributed by atoms with E-state index in [1.165, 1.54) is 25.7 Å². The maximum absolute atomic E-state index is 13.7. The molecule has 4 fully saturated rings. The lowest BCUT2D eigenvalue weighted by Gasteiger charge is -2.27. The summed E-state index contributed by atoms with van der Waals surface area (Å²) in [6.07, 6.45) is 17.6. The quantitative estimate of drug-likeness (QED) is 0.103. The number of rotatable bonds is 11. The molecule has 0 aromatic heterocycles. The molecule has 2 aromatic carbocycles. The standard InChI is InChI=1S/C31H41N3O6.C29H39N3O5.C4H6O3/c1-21-11-7-4-3-5-10-14-24-16-31(24,30(39)33-19-28(37)32-18-23-12-8-6-9-13-23)17-27(36)26-15-25(40-22(2)35)20-34(26)29(21)38;1-20-10-6-3-2-4-9-13-22-15-29(22,16-25(34)24-14-23(33)19-32(24)27(20)36)28(37)31-18-26(35)30-17-21-11-7-5-8-12-21;1-3(5)7-4(2)6/h6,8-10,12-14,21,24-26H,3-5,7,11,15-20H2,1-2H3,(H,32,37)(H,33,39);5,7-9,11-13,20,22-24,33H,2-4,6,10,14-19H2,1H3,(H,30,35)(H,31,37);1-2H3/b14-10-;13-9-;/t21-,24+,25+,26-,31+;20-,22+,23+,24-,29+;/m00./s1. The zero-order chi connectivity index (χ0) is 61.0. The van der Waals surface area contributed by atoms with E-state index >= 15 is 0 Å². The predicted molar refractivity (Wildman–Crippen MR) is 310 cm³/mol. The molecule has 10 atom stereocenters. The second-order valence-electron chi connectivity index (χ2n) is 23.5. The molecule has 4 heterocycles. The van der Waals surface area contributed by atoms with Gasteiger partial charge in [-0.2, -0.15) is 0 Å². The fourth-order valence-corrected chi connectivity index (χ4v) is 11.9. The van der Waals surface area contributed by atoms with Crippen molar-refractivity contribution in [1.29, 1.82) is 0 Å². The lowest BCUT2D eigenvalue weighted by Crippen LogP contribution is -2.46. The molecule has 84 heavy (non-hydrogen) atoms. The van der Waals surface area contributed by atoms with Crippen LogP contribution in [0.15, 0.2) is 85.0 Å². The summed E-state index contributed by atoms with van der Waals surface area (Å²) in [4.78, 5) is 140. The Morgan fingerprint density at radius 2 is 0.988 bits per heavy atom. The van der Waals surface area contributed by atoms with Gasteiger partial charge in [-0.05, 0) is 74.3 Å². The minimum absolute atomic E-state index is 0.00494. The molecule has 8 rings (SSSR count). The van der Waals surface area contributed by atoms with Crippen molar-refractivity contribution < 1.29 is 67.3 Å². The number of hydrogen-bond donors (Lipinski definition) is 5. The van der Waals surface area contributed by atoms with Crippen LogP contribution in [0.3, 0.4) is 0 Å². The molecule has 0 spiro atoms. The third kappa shape index (κ3) is 19.4. The van der Waals surface area contributed by atoms with Crippen LogP contribution in [0.25, 0.3) is 0 Å². The summed E-state index contributed by atoms with van der Waals surface area (Å²) >= 11 is 0. The third-order valence-electron chi connectivity index (χ3n) is 16.7. The SMILES string of the molecule is CC(=O)OC(C)=O.CC(=O)O[C@@H]1C[C@H]2C(=O)C[C@]3(C(=O)NCC(=O)NCc4ccccc4)C[C@H]3/C=C\CCCCC[C@H](C)C(=O)N2C1.C[C@H]1CCCCC/C=C\[C@@H]2C[C@@]2(C(=O)NCC(=O)NCc2ccccc2)CC(=O)[C@@H]2C[C@@H](O)CN2C1=O. The van der Waals surface area contributed by atoms with Gasteiger partial charge in [-0.25, -0.2) is 0 Å². The van der Waals surface area contributed by atoms with Crippen LogP contribution < -0.4 is 21.3 Å². The van der Waals surface area contributed by atoms with Crippen LogP contribution in [0.5, 0.6) is 0 Å². The van der Waals surface area contributed by atoms with Crippen molar-refractivity contribution in [2.45, 2.75) is 175 Å². The summed E-state index contributed by atoms with van der Waals surface area (Å²) in [6.45, 7) is 8.18. The molecule has 0 bridgehead atoms. The number of benzene rings is 2. The monoisotopic (exact) mass is 1160 g/mol. The molecule has 0 unspecified atom stereocenters. The van der Waals surface area contributed by atoms with Gasteiger partial charge in [-0.3, -0.25) is 52.7 Å². The molecule has 2 aliphatic carbocycles. The molecule has 2 aromatic rings. The number of carbonyl (C=O) groups is 11. The fraction of sp³-hybridized carbons (Fsp3) is 0.578. The number of aliphatic hydroxyl groups excluding tert-OH is 1. The number of ether oxygens (including phenoxy) is 2. The van der Waals surface area contributed by atoms with E-state index in [0.717, 1.165) is 75.3 Å². The Hall–Kier alpha value is -7.35. The van der Waals surface area contributed by atoms with Gasteiger partial charge in [0.2, 0.25) is 35.4 Å². The normalized spacial score (nSPS) is 28.6. The Labute approximate surface area is 493 Å². The van der Waals surface area contributed by atoms with Gasteiger partial charge in [0.05, 0.1) is 48.7 Å². The molecule has 20 heteroatoms. The first-order valence-electron chi connectivity index (χ1n) is 29.8. The highest BCUT2D eigenvalue weighted by atomic mass is 16.6. The molecule has 5 N–H and O–H groups in total. The van der Waals surface area contributed by atoms with E-state index < -0.39 is 53.0 Å². The molecule has 6 aliphatic rings. The largest absolute Gasteiger partial charge is 0.461 e. The van der Waals surface area contributed by atoms with E-state index in [2.05, 4.69) is 38.2 Å². The number of aliphatic hydroxyl groups is 1. The first-order valence-corrected chi connectivity index (χ1v) is 29.8. The van der Waals surface area contributed by atoms with Crippen LogP contribution in [-0.2, 0) is 75.3 Å². The number of allylic oxidation sites excluding steroid dienone is 4. The zero-order valence-corrected chi connectivity index (χ0v) is 49.4. The Kier molecular flexibility index (Phi) is 24.7. The van der Waals surface area contributed by atoms with E-state index in [1.54, 1.807) is 4.90 Å². The fourth-order valence-electron chi connectivity index (χ4n) is 11.9. The number of fused-ring (bicyclic) bond motifs is 4. The lowest BCUT2D eigenvalue weighted by atomic mass is 9.90. The van der Waals surface area contributed by atoms with Gasteiger partial charge in [0.15, 0.2) is 11.6 Å². The molecule has 6 amide bonds. The number of ketones is 2. The lowest BCUT2D eigenvalue weighted by molar-refractivity contribution is -0.156. The van der Waals surface area contributed by atoms with Crippen molar-refractivity contribution in [2.75, 3.05) is 26.2 Å². The first kappa shape index (κ1) is 65.8. The van der Waals surface area contributed by atoms with Crippen LogP contribution in [-0.4, -0.2) is 130 Å². The number of esters is 3. The van der Waals surface area contributed by atoms with Gasteiger partial charge in [0.1, 0.15) is 6.10 Å². The second kappa shape index (κ2) is 31.5. The minimum atomic E-state index is -0.951. The average Bonchev–Trinajstić information content (AvgIpc) is 1.79. The van der Waals surface area contributed by atoms with Gasteiger partial charge >= 0.3 is 17.9 Å². The Morgan fingerprint density at radius 1 is 0.560 bits per heavy atom. The molecule has 2 saturated heterocycles. The van der Waals surface area contributed by atoms with Gasteiger partial charge in [0.25, 0.3) is 0 Å². The van der Waals surface area contributed by atoms with Crippen molar-refractivity contribution in [3.05, 3.63) is 96.1 Å². The number of amides is 6. The van der Waals surface area contributed by atoms with Crippen LogP contribution in [0, 0.1) is 34.5 Å². The molecule has 456 valence electrons. The van der Waals surface area contributed by atoms with E-state index in [0.29, 0.717) is 25.9 Å². The van der Waals surface area contributed by atoms with Gasteiger partial charge in [-0.15, -0.1) is 0 Å². The van der Waals surface area contributed by atoms with Crippen molar-refractivity contribution in [3.63, 3.8) is 0 Å². The van der Waals surface area contributed by atoms with E-state index in [9.17, 15) is 57.8 Å². The number of Topliss-reactive ketones (excluding diaryl/α,β-unsaturated/α-hetero) is 2. The highest BCUT2D eigenvalue weighted by Gasteiger charge is 2.61. The summed E-state index contributed by atoms with van der Waals surface area (Å²) in [5.41, 5.74) is 0.0553. The number of nitrogens with zero attached hydrogens (tertiary/aromatic N) is 2. The van der Waals surface area contributed by atoms with Crippen LogP contribution in [0.1, 0.15) is 148 Å². The van der Waals surface area contributed by atoms with Crippen molar-refractivity contribution in [1.82, 2.24) is 31.1 Å². The third-order valence-corrected chi connectivity index (χ3v) is 16.7. The Morgan fingerprint density at radius 3 is 1.40 bits per heavy atom. The van der Waals surface area contributed by atoms with Crippen LogP contribution >= 0.6 is 0 Å². The molecular formula is C64H86N6O14. The van der Waals surface area contributed by atoms with Gasteiger partial charge < -0.3 is 45.6 Å². The summed E-state index contributed by atoms with van der Waals surface area (Å²) in [5.74, 6) is -4.04. The van der Waals surface area contributed by atoms with Gasteiger partial charge in [-0.1, -0.05) is 124 Å². The summed E-state index contributed by atoms with van der Waals surface area (Å²) < 4.78 is 9.37. The van der Waals surface area contributed by atoms with Crippen LogP contribution in [0.2, 0.25) is 0 Å². The van der Waals surface area contributed by atoms with Crippen molar-refractivity contribution >= 4 is 64.9 Å². The second-order valence-corrected chi connectivity index (χ2v) is 23.5. The topological polar surface area (TPSA) is 281 Å². The molecule has 4 aliphatic heterocycles. The highest BCUT2D eigenvalue weighted by molar-refractivity contribution is 5.99. The Balaban J connectivity index is 0.000000242. The average molecular weight is 1160 g/mol. The predicted octanol–water partition coefficient (Wildman–Crippen LogP) is 5.67. The number of nitrogens with one attached hydrogen (secondary N) is 4. The van der Waals surface area contributed by atoms with Crippen LogP contribution in [0.4, 0.5) is 0 Å².